The van der Waals surface area contributed by atoms with Crippen LogP contribution in [-0.2, 0) is 0 Å². The molecule has 0 saturated heterocycles. The largest absolute Gasteiger partial charge is 0.497 e. The number of benzene rings is 2. The zero-order chi connectivity index (χ0) is 16.2. The monoisotopic (exact) mass is 303 g/mol. The normalized spacial score (nSPS) is 13.7. The maximum absolute atomic E-state index is 5.28. The Bertz CT molecular complexity index is 751. The Balaban J connectivity index is 2.08. The molecule has 2 heteroatoms. The smallest absolute Gasteiger partial charge is 0.119 e. The molecule has 0 radical (unpaired) electrons. The number of hydrogen-bond acceptors (Lipinski definition) is 2. The third-order valence-corrected chi connectivity index (χ3v) is 3.98. The molecule has 0 bridgehead atoms. The lowest BCUT2D eigenvalue weighted by Gasteiger charge is -2.30. The van der Waals surface area contributed by atoms with E-state index < -0.39 is 0 Å². The SMILES string of the molecule is C=C1CC=CC=C1N(c1ccc(C)cc1)c1ccc(OC)cc1. The van der Waals surface area contributed by atoms with Crippen molar-refractivity contribution in [2.24, 2.45) is 0 Å². The van der Waals surface area contributed by atoms with Crippen LogP contribution >= 0.6 is 0 Å². The molecule has 2 aromatic carbocycles. The first-order valence-electron chi connectivity index (χ1n) is 7.75. The lowest BCUT2D eigenvalue weighted by Crippen LogP contribution is -2.18. The number of rotatable bonds is 4. The fourth-order valence-electron chi connectivity index (χ4n) is 2.68. The van der Waals surface area contributed by atoms with Crippen molar-refractivity contribution in [2.45, 2.75) is 13.3 Å². The molecule has 1 aliphatic carbocycles. The van der Waals surface area contributed by atoms with Crippen molar-refractivity contribution < 1.29 is 4.74 Å². The van der Waals surface area contributed by atoms with Crippen LogP contribution in [0.1, 0.15) is 12.0 Å². The Morgan fingerprint density at radius 1 is 0.957 bits per heavy atom. The van der Waals surface area contributed by atoms with Crippen molar-refractivity contribution in [3.05, 3.63) is 90.2 Å². The minimum absolute atomic E-state index is 0.856. The van der Waals surface area contributed by atoms with Gasteiger partial charge in [0.15, 0.2) is 0 Å². The van der Waals surface area contributed by atoms with Crippen LogP contribution in [0.15, 0.2) is 84.6 Å². The molecule has 0 aromatic heterocycles. The van der Waals surface area contributed by atoms with Crippen LogP contribution in [0.4, 0.5) is 11.4 Å². The first-order valence-corrected chi connectivity index (χ1v) is 7.75. The Kier molecular flexibility index (Phi) is 4.33. The van der Waals surface area contributed by atoms with Crippen molar-refractivity contribution in [1.29, 1.82) is 0 Å². The molecule has 0 spiro atoms. The lowest BCUT2D eigenvalue weighted by atomic mass is 10.0. The van der Waals surface area contributed by atoms with Gasteiger partial charge in [-0.3, -0.25) is 0 Å². The molecular weight excluding hydrogens is 282 g/mol. The fraction of sp³-hybridized carbons (Fsp3) is 0.143. The predicted octanol–water partition coefficient (Wildman–Crippen LogP) is 5.54. The molecule has 116 valence electrons. The second kappa shape index (κ2) is 6.57. The topological polar surface area (TPSA) is 12.5 Å². The van der Waals surface area contributed by atoms with Gasteiger partial charge in [-0.1, -0.05) is 36.4 Å². The van der Waals surface area contributed by atoms with E-state index in [-0.39, 0.29) is 0 Å². The van der Waals surface area contributed by atoms with Gasteiger partial charge < -0.3 is 9.64 Å². The van der Waals surface area contributed by atoms with Crippen molar-refractivity contribution in [1.82, 2.24) is 0 Å². The number of ether oxygens (including phenoxy) is 1. The van der Waals surface area contributed by atoms with Gasteiger partial charge in [-0.25, -0.2) is 0 Å². The highest BCUT2D eigenvalue weighted by Gasteiger charge is 2.17. The van der Waals surface area contributed by atoms with Gasteiger partial charge in [0.25, 0.3) is 0 Å². The summed E-state index contributed by atoms with van der Waals surface area (Å²) in [6.07, 6.45) is 7.22. The average molecular weight is 303 g/mol. The molecular formula is C21H21NO. The van der Waals surface area contributed by atoms with E-state index in [9.17, 15) is 0 Å². The molecule has 0 aliphatic heterocycles. The minimum Gasteiger partial charge on any atom is -0.497 e. The summed E-state index contributed by atoms with van der Waals surface area (Å²) >= 11 is 0. The van der Waals surface area contributed by atoms with E-state index in [1.165, 1.54) is 5.56 Å². The van der Waals surface area contributed by atoms with Gasteiger partial charge in [0.05, 0.1) is 7.11 Å². The summed E-state index contributed by atoms with van der Waals surface area (Å²) in [6.45, 7) is 6.33. The number of methoxy groups -OCH3 is 1. The van der Waals surface area contributed by atoms with Gasteiger partial charge in [0, 0.05) is 17.1 Å². The second-order valence-electron chi connectivity index (χ2n) is 5.66. The third-order valence-electron chi connectivity index (χ3n) is 3.98. The molecule has 0 unspecified atom stereocenters. The third kappa shape index (κ3) is 3.21. The average Bonchev–Trinajstić information content (AvgIpc) is 2.59. The van der Waals surface area contributed by atoms with E-state index in [2.05, 4.69) is 73.0 Å². The molecule has 0 fully saturated rings. The zero-order valence-electron chi connectivity index (χ0n) is 13.6. The van der Waals surface area contributed by atoms with Crippen molar-refractivity contribution in [3.63, 3.8) is 0 Å². The summed E-state index contributed by atoms with van der Waals surface area (Å²) < 4.78 is 5.28. The molecule has 23 heavy (non-hydrogen) atoms. The number of aryl methyl sites for hydroxylation is 1. The van der Waals surface area contributed by atoms with E-state index in [4.69, 9.17) is 4.74 Å². The van der Waals surface area contributed by atoms with E-state index in [0.717, 1.165) is 34.8 Å². The molecule has 0 atom stereocenters. The van der Waals surface area contributed by atoms with Crippen LogP contribution in [0.25, 0.3) is 0 Å². The van der Waals surface area contributed by atoms with Gasteiger partial charge in [0.2, 0.25) is 0 Å². The standard InChI is InChI=1S/C21H21NO/c1-16-8-10-18(11-9-16)22(21-7-5-4-6-17(21)2)19-12-14-20(23-3)15-13-19/h4-5,7-15H,2,6H2,1,3H3. The molecule has 0 N–H and O–H groups in total. The molecule has 3 rings (SSSR count). The molecule has 0 heterocycles. The molecule has 1 aliphatic rings. The highest BCUT2D eigenvalue weighted by atomic mass is 16.5. The van der Waals surface area contributed by atoms with Crippen LogP contribution in [-0.4, -0.2) is 7.11 Å². The summed E-state index contributed by atoms with van der Waals surface area (Å²) in [5.74, 6) is 0.856. The fourth-order valence-corrected chi connectivity index (χ4v) is 2.68. The molecule has 2 nitrogen and oxygen atoms in total. The minimum atomic E-state index is 0.856. The summed E-state index contributed by atoms with van der Waals surface area (Å²) in [5.41, 5.74) is 5.71. The first kappa shape index (κ1) is 15.2. The van der Waals surface area contributed by atoms with Crippen LogP contribution in [0.5, 0.6) is 5.75 Å². The Morgan fingerprint density at radius 2 is 1.57 bits per heavy atom. The van der Waals surface area contributed by atoms with Gasteiger partial charge in [0.1, 0.15) is 5.75 Å². The Labute approximate surface area is 138 Å². The summed E-state index contributed by atoms with van der Waals surface area (Å²) in [4.78, 5) is 2.24. The van der Waals surface area contributed by atoms with E-state index in [1.54, 1.807) is 7.11 Å². The number of anilines is 2. The quantitative estimate of drug-likeness (QED) is 0.735. The number of nitrogens with zero attached hydrogens (tertiary/aromatic N) is 1. The molecule has 0 saturated carbocycles. The highest BCUT2D eigenvalue weighted by molar-refractivity contribution is 5.72. The first-order chi connectivity index (χ1) is 11.2. The second-order valence-corrected chi connectivity index (χ2v) is 5.66. The summed E-state index contributed by atoms with van der Waals surface area (Å²) in [5, 5.41) is 0. The van der Waals surface area contributed by atoms with Crippen LogP contribution in [0.2, 0.25) is 0 Å². The molecule has 0 amide bonds. The lowest BCUT2D eigenvalue weighted by molar-refractivity contribution is 0.415. The Hall–Kier alpha value is -2.74. The number of allylic oxidation sites excluding steroid dienone is 4. The van der Waals surface area contributed by atoms with E-state index in [1.807, 2.05) is 12.1 Å². The van der Waals surface area contributed by atoms with Gasteiger partial charge in [-0.2, -0.15) is 0 Å². The number of hydrogen-bond donors (Lipinski definition) is 0. The molecule has 2 aromatic rings. The van der Waals surface area contributed by atoms with E-state index in [0.29, 0.717) is 0 Å². The van der Waals surface area contributed by atoms with Crippen molar-refractivity contribution in [2.75, 3.05) is 12.0 Å². The maximum atomic E-state index is 5.28. The van der Waals surface area contributed by atoms with Crippen molar-refractivity contribution in [3.8, 4) is 5.75 Å². The summed E-state index contributed by atoms with van der Waals surface area (Å²) in [7, 11) is 1.68. The maximum Gasteiger partial charge on any atom is 0.119 e. The van der Waals surface area contributed by atoms with Crippen molar-refractivity contribution >= 4 is 11.4 Å². The summed E-state index contributed by atoms with van der Waals surface area (Å²) in [6, 6.07) is 16.7. The van der Waals surface area contributed by atoms with Crippen LogP contribution in [0.3, 0.4) is 0 Å². The van der Waals surface area contributed by atoms with Gasteiger partial charge in [-0.05, 0) is 61.4 Å². The van der Waals surface area contributed by atoms with Gasteiger partial charge in [-0.15, -0.1) is 0 Å². The van der Waals surface area contributed by atoms with Crippen LogP contribution < -0.4 is 9.64 Å². The Morgan fingerprint density at radius 3 is 2.13 bits per heavy atom. The van der Waals surface area contributed by atoms with Gasteiger partial charge >= 0.3 is 0 Å². The predicted molar refractivity (Wildman–Crippen MR) is 97.3 cm³/mol. The van der Waals surface area contributed by atoms with E-state index >= 15 is 0 Å². The zero-order valence-corrected chi connectivity index (χ0v) is 13.6. The van der Waals surface area contributed by atoms with Crippen LogP contribution in [0, 0.1) is 6.92 Å². The highest BCUT2D eigenvalue weighted by Crippen LogP contribution is 2.35.